The molecule has 0 aliphatic heterocycles. The third kappa shape index (κ3) is 2.70. The van der Waals surface area contributed by atoms with Crippen LogP contribution in [0.15, 0.2) is 18.2 Å². The van der Waals surface area contributed by atoms with Crippen molar-refractivity contribution in [3.05, 3.63) is 29.3 Å². The third-order valence-electron chi connectivity index (χ3n) is 2.15. The molecule has 0 aromatic heterocycles. The van der Waals surface area contributed by atoms with Crippen molar-refractivity contribution in [1.82, 2.24) is 0 Å². The molecule has 0 aliphatic rings. The fourth-order valence-corrected chi connectivity index (χ4v) is 1.31. The Morgan fingerprint density at radius 3 is 2.67 bits per heavy atom. The molecular weight excluding hydrogens is 196 g/mol. The molecule has 0 saturated heterocycles. The Morgan fingerprint density at radius 1 is 1.47 bits per heavy atom. The largest absolute Gasteiger partial charge is 0.508 e. The van der Waals surface area contributed by atoms with Gasteiger partial charge in [0.1, 0.15) is 5.75 Å². The van der Waals surface area contributed by atoms with Crippen LogP contribution in [0.3, 0.4) is 0 Å². The van der Waals surface area contributed by atoms with Gasteiger partial charge in [0, 0.05) is 0 Å². The fraction of sp³-hybridized carbons (Fsp3) is 0.364. The number of aliphatic hydroxyl groups excluding tert-OH is 1. The van der Waals surface area contributed by atoms with E-state index < -0.39 is 12.1 Å². The van der Waals surface area contributed by atoms with Gasteiger partial charge in [0.15, 0.2) is 6.10 Å². The molecule has 15 heavy (non-hydrogen) atoms. The number of esters is 1. The molecule has 0 radical (unpaired) electrons. The normalized spacial score (nSPS) is 12.2. The molecule has 1 atom stereocenters. The standard InChI is InChI=1S/C11H14O4/c1-3-7-4-8(6-9(12)5-7)10(13)11(14)15-2/h4-6,10,12-13H,3H2,1-2H3. The van der Waals surface area contributed by atoms with Crippen LogP contribution in [0.5, 0.6) is 5.75 Å². The van der Waals surface area contributed by atoms with Crippen molar-refractivity contribution in [3.63, 3.8) is 0 Å². The van der Waals surface area contributed by atoms with Gasteiger partial charge in [-0.25, -0.2) is 4.79 Å². The molecule has 0 amide bonds. The summed E-state index contributed by atoms with van der Waals surface area (Å²) in [6.45, 7) is 1.92. The van der Waals surface area contributed by atoms with E-state index in [9.17, 15) is 15.0 Å². The number of hydrogen-bond donors (Lipinski definition) is 2. The van der Waals surface area contributed by atoms with Crippen LogP contribution < -0.4 is 0 Å². The zero-order chi connectivity index (χ0) is 11.4. The first kappa shape index (κ1) is 11.5. The second-order valence-corrected chi connectivity index (χ2v) is 3.21. The topological polar surface area (TPSA) is 66.8 Å². The van der Waals surface area contributed by atoms with Crippen LogP contribution in [0.4, 0.5) is 0 Å². The van der Waals surface area contributed by atoms with Gasteiger partial charge in [0.2, 0.25) is 0 Å². The Hall–Kier alpha value is -1.55. The predicted molar refractivity (Wildman–Crippen MR) is 54.5 cm³/mol. The van der Waals surface area contributed by atoms with Crippen LogP contribution in [0.1, 0.15) is 24.2 Å². The average Bonchev–Trinajstić information content (AvgIpc) is 2.26. The third-order valence-corrected chi connectivity index (χ3v) is 2.15. The van der Waals surface area contributed by atoms with Crippen molar-refractivity contribution < 1.29 is 19.7 Å². The summed E-state index contributed by atoms with van der Waals surface area (Å²) in [6, 6.07) is 4.61. The van der Waals surface area contributed by atoms with Crippen molar-refractivity contribution >= 4 is 5.97 Å². The molecule has 1 rings (SSSR count). The molecule has 2 N–H and O–H groups in total. The zero-order valence-electron chi connectivity index (χ0n) is 8.73. The summed E-state index contributed by atoms with van der Waals surface area (Å²) < 4.78 is 4.41. The highest BCUT2D eigenvalue weighted by Crippen LogP contribution is 2.22. The smallest absolute Gasteiger partial charge is 0.339 e. The van der Waals surface area contributed by atoms with E-state index >= 15 is 0 Å². The van der Waals surface area contributed by atoms with Gasteiger partial charge in [-0.05, 0) is 29.7 Å². The summed E-state index contributed by atoms with van der Waals surface area (Å²) in [6.07, 6.45) is -0.623. The minimum Gasteiger partial charge on any atom is -0.508 e. The van der Waals surface area contributed by atoms with E-state index in [1.165, 1.54) is 13.2 Å². The van der Waals surface area contributed by atoms with Crippen molar-refractivity contribution in [3.8, 4) is 5.75 Å². The summed E-state index contributed by atoms with van der Waals surface area (Å²) >= 11 is 0. The number of carbonyl (C=O) groups is 1. The van der Waals surface area contributed by atoms with Crippen LogP contribution in [-0.4, -0.2) is 23.3 Å². The monoisotopic (exact) mass is 210 g/mol. The minimum atomic E-state index is -1.34. The second-order valence-electron chi connectivity index (χ2n) is 3.21. The molecule has 1 aromatic rings. The van der Waals surface area contributed by atoms with Gasteiger partial charge >= 0.3 is 5.97 Å². The summed E-state index contributed by atoms with van der Waals surface area (Å²) in [7, 11) is 1.20. The first-order valence-electron chi connectivity index (χ1n) is 4.67. The van der Waals surface area contributed by atoms with Crippen molar-refractivity contribution in [2.24, 2.45) is 0 Å². The molecule has 4 heteroatoms. The van der Waals surface area contributed by atoms with Gasteiger partial charge in [0.05, 0.1) is 7.11 Å². The molecular formula is C11H14O4. The SMILES string of the molecule is CCc1cc(O)cc(C(O)C(=O)OC)c1. The molecule has 0 heterocycles. The maximum atomic E-state index is 11.1. The Kier molecular flexibility index (Phi) is 3.68. The number of benzene rings is 1. The van der Waals surface area contributed by atoms with Crippen LogP contribution in [0.25, 0.3) is 0 Å². The molecule has 4 nitrogen and oxygen atoms in total. The zero-order valence-corrected chi connectivity index (χ0v) is 8.73. The maximum Gasteiger partial charge on any atom is 0.339 e. The summed E-state index contributed by atoms with van der Waals surface area (Å²) in [5.41, 5.74) is 1.20. The van der Waals surface area contributed by atoms with E-state index in [-0.39, 0.29) is 5.75 Å². The number of hydrogen-bond acceptors (Lipinski definition) is 4. The number of aliphatic hydroxyl groups is 1. The van der Waals surface area contributed by atoms with Crippen LogP contribution in [0, 0.1) is 0 Å². The molecule has 1 aromatic carbocycles. The number of carbonyl (C=O) groups excluding carboxylic acids is 1. The number of rotatable bonds is 3. The summed E-state index contributed by atoms with van der Waals surface area (Å²) in [4.78, 5) is 11.1. The highest BCUT2D eigenvalue weighted by Gasteiger charge is 2.18. The molecule has 1 unspecified atom stereocenters. The summed E-state index contributed by atoms with van der Waals surface area (Å²) in [5.74, 6) is -0.699. The van der Waals surface area contributed by atoms with Crippen LogP contribution in [0.2, 0.25) is 0 Å². The first-order valence-corrected chi connectivity index (χ1v) is 4.67. The van der Waals surface area contributed by atoms with Gasteiger partial charge in [-0.3, -0.25) is 0 Å². The van der Waals surface area contributed by atoms with Crippen molar-refractivity contribution in [2.45, 2.75) is 19.4 Å². The molecule has 0 spiro atoms. The number of phenols is 1. The van der Waals surface area contributed by atoms with E-state index in [4.69, 9.17) is 0 Å². The molecule has 0 saturated carbocycles. The van der Waals surface area contributed by atoms with Crippen molar-refractivity contribution in [1.29, 1.82) is 0 Å². The highest BCUT2D eigenvalue weighted by atomic mass is 16.5. The lowest BCUT2D eigenvalue weighted by Crippen LogP contribution is -2.13. The number of ether oxygens (including phenoxy) is 1. The number of aryl methyl sites for hydroxylation is 1. The Bertz CT molecular complexity index is 360. The van der Waals surface area contributed by atoms with Gasteiger partial charge < -0.3 is 14.9 Å². The second kappa shape index (κ2) is 4.79. The molecule has 0 fully saturated rings. The average molecular weight is 210 g/mol. The van der Waals surface area contributed by atoms with Gasteiger partial charge in [-0.2, -0.15) is 0 Å². The van der Waals surface area contributed by atoms with Gasteiger partial charge in [-0.15, -0.1) is 0 Å². The molecule has 0 aliphatic carbocycles. The van der Waals surface area contributed by atoms with E-state index in [1.54, 1.807) is 12.1 Å². The quantitative estimate of drug-likeness (QED) is 0.735. The Balaban J connectivity index is 3.03. The Labute approximate surface area is 88.1 Å². The lowest BCUT2D eigenvalue weighted by atomic mass is 10.0. The van der Waals surface area contributed by atoms with E-state index in [0.29, 0.717) is 5.56 Å². The first-order chi connectivity index (χ1) is 7.08. The van der Waals surface area contributed by atoms with Crippen molar-refractivity contribution in [2.75, 3.05) is 7.11 Å². The highest BCUT2D eigenvalue weighted by molar-refractivity contribution is 5.76. The van der Waals surface area contributed by atoms with Crippen LogP contribution >= 0.6 is 0 Å². The predicted octanol–water partition coefficient (Wildman–Crippen LogP) is 1.16. The maximum absolute atomic E-state index is 11.1. The van der Waals surface area contributed by atoms with Gasteiger partial charge in [0.25, 0.3) is 0 Å². The molecule has 0 bridgehead atoms. The lowest BCUT2D eigenvalue weighted by Gasteiger charge is -2.10. The van der Waals surface area contributed by atoms with E-state index in [0.717, 1.165) is 12.0 Å². The van der Waals surface area contributed by atoms with Crippen LogP contribution in [-0.2, 0) is 16.0 Å². The molecule has 82 valence electrons. The number of aromatic hydroxyl groups is 1. The number of phenolic OH excluding ortho intramolecular Hbond substituents is 1. The number of methoxy groups -OCH3 is 1. The van der Waals surface area contributed by atoms with E-state index in [1.807, 2.05) is 6.92 Å². The van der Waals surface area contributed by atoms with E-state index in [2.05, 4.69) is 4.74 Å². The fourth-order valence-electron chi connectivity index (χ4n) is 1.31. The lowest BCUT2D eigenvalue weighted by molar-refractivity contribution is -0.150. The summed E-state index contributed by atoms with van der Waals surface area (Å²) in [5, 5.41) is 18.9. The minimum absolute atomic E-state index is 0.0345. The Morgan fingerprint density at radius 2 is 2.13 bits per heavy atom. The van der Waals surface area contributed by atoms with Gasteiger partial charge in [-0.1, -0.05) is 13.0 Å².